The summed E-state index contributed by atoms with van der Waals surface area (Å²) in [4.78, 5) is 2.41. The van der Waals surface area contributed by atoms with Crippen LogP contribution in [-0.2, 0) is 16.6 Å². The van der Waals surface area contributed by atoms with Crippen molar-refractivity contribution in [3.63, 3.8) is 0 Å². The zero-order valence-electron chi connectivity index (χ0n) is 17.0. The third-order valence-corrected chi connectivity index (χ3v) is 7.46. The lowest BCUT2D eigenvalue weighted by molar-refractivity contribution is 0.206. The lowest BCUT2D eigenvalue weighted by Gasteiger charge is -2.39. The van der Waals surface area contributed by atoms with Crippen LogP contribution in [0.15, 0.2) is 83.8 Å². The van der Waals surface area contributed by atoms with Gasteiger partial charge in [-0.15, -0.1) is 0 Å². The van der Waals surface area contributed by atoms with E-state index in [-0.39, 0.29) is 16.8 Å². The minimum Gasteiger partial charge on any atom is -0.299 e. The number of anilines is 1. The van der Waals surface area contributed by atoms with E-state index in [9.17, 15) is 17.2 Å². The van der Waals surface area contributed by atoms with Crippen molar-refractivity contribution in [3.8, 4) is 0 Å². The fourth-order valence-electron chi connectivity index (χ4n) is 4.05. The number of rotatable bonds is 6. The Labute approximate surface area is 181 Å². The second-order valence-corrected chi connectivity index (χ2v) is 9.54. The van der Waals surface area contributed by atoms with Gasteiger partial charge in [-0.2, -0.15) is 0 Å². The minimum atomic E-state index is -3.81. The molecular formula is C24H24F2N2O2S. The van der Waals surface area contributed by atoms with Gasteiger partial charge in [-0.25, -0.2) is 17.2 Å². The topological polar surface area (TPSA) is 40.6 Å². The van der Waals surface area contributed by atoms with Gasteiger partial charge < -0.3 is 0 Å². The molecule has 3 aromatic carbocycles. The highest BCUT2D eigenvalue weighted by Crippen LogP contribution is 2.31. The van der Waals surface area contributed by atoms with Crippen molar-refractivity contribution in [1.82, 2.24) is 4.90 Å². The van der Waals surface area contributed by atoms with E-state index in [2.05, 4.69) is 4.90 Å². The standard InChI is InChI=1S/C24H24F2N2O2S/c25-20-9-11-22(12-10-20)28(31(29,30)24-7-2-1-3-8-24)23-13-15-27(16-14-23)18-19-5-4-6-21(26)17-19/h1-12,17,23H,13-16,18H2. The van der Waals surface area contributed by atoms with E-state index in [1.807, 2.05) is 6.07 Å². The maximum absolute atomic E-state index is 13.5. The quantitative estimate of drug-likeness (QED) is 0.549. The summed E-state index contributed by atoms with van der Waals surface area (Å²) in [5.41, 5.74) is 1.35. The van der Waals surface area contributed by atoms with Crippen LogP contribution in [0, 0.1) is 11.6 Å². The number of benzene rings is 3. The summed E-state index contributed by atoms with van der Waals surface area (Å²) in [6.45, 7) is 1.98. The maximum atomic E-state index is 13.5. The van der Waals surface area contributed by atoms with Gasteiger partial charge in [0.25, 0.3) is 10.0 Å². The highest BCUT2D eigenvalue weighted by molar-refractivity contribution is 7.92. The van der Waals surface area contributed by atoms with E-state index >= 15 is 0 Å². The van der Waals surface area contributed by atoms with Gasteiger partial charge in [-0.05, 0) is 66.9 Å². The van der Waals surface area contributed by atoms with E-state index in [1.165, 1.54) is 40.7 Å². The first-order chi connectivity index (χ1) is 14.9. The molecule has 7 heteroatoms. The summed E-state index contributed by atoms with van der Waals surface area (Å²) in [6, 6.07) is 20.2. The van der Waals surface area contributed by atoms with Gasteiger partial charge in [0.1, 0.15) is 11.6 Å². The Morgan fingerprint density at radius 2 is 1.52 bits per heavy atom. The first kappa shape index (κ1) is 21.5. The summed E-state index contributed by atoms with van der Waals surface area (Å²) < 4.78 is 55.4. The number of likely N-dealkylation sites (tertiary alicyclic amines) is 1. The normalized spacial score (nSPS) is 15.7. The number of piperidine rings is 1. The average molecular weight is 443 g/mol. The van der Waals surface area contributed by atoms with Gasteiger partial charge in [-0.1, -0.05) is 30.3 Å². The number of halogens is 2. The number of nitrogens with zero attached hydrogens (tertiary/aromatic N) is 2. The van der Waals surface area contributed by atoms with Crippen molar-refractivity contribution in [2.75, 3.05) is 17.4 Å². The molecule has 31 heavy (non-hydrogen) atoms. The molecule has 0 spiro atoms. The molecule has 4 nitrogen and oxygen atoms in total. The lowest BCUT2D eigenvalue weighted by atomic mass is 10.0. The Morgan fingerprint density at radius 3 is 2.16 bits per heavy atom. The lowest BCUT2D eigenvalue weighted by Crippen LogP contribution is -2.47. The highest BCUT2D eigenvalue weighted by Gasteiger charge is 2.34. The Morgan fingerprint density at radius 1 is 0.839 bits per heavy atom. The predicted molar refractivity (Wildman–Crippen MR) is 117 cm³/mol. The van der Waals surface area contributed by atoms with Gasteiger partial charge in [0, 0.05) is 25.7 Å². The van der Waals surface area contributed by atoms with Crippen LogP contribution in [0.4, 0.5) is 14.5 Å². The third-order valence-electron chi connectivity index (χ3n) is 5.57. The highest BCUT2D eigenvalue weighted by atomic mass is 32.2. The van der Waals surface area contributed by atoms with Gasteiger partial charge in [0.15, 0.2) is 0 Å². The van der Waals surface area contributed by atoms with Gasteiger partial charge >= 0.3 is 0 Å². The third kappa shape index (κ3) is 4.94. The van der Waals surface area contributed by atoms with Crippen LogP contribution in [0.5, 0.6) is 0 Å². The molecule has 1 heterocycles. The van der Waals surface area contributed by atoms with Crippen LogP contribution < -0.4 is 4.31 Å². The van der Waals surface area contributed by atoms with Crippen LogP contribution >= 0.6 is 0 Å². The van der Waals surface area contributed by atoms with Crippen molar-refractivity contribution in [1.29, 1.82) is 0 Å². The molecule has 0 aliphatic carbocycles. The Kier molecular flexibility index (Phi) is 6.34. The number of hydrogen-bond acceptors (Lipinski definition) is 3. The number of hydrogen-bond donors (Lipinski definition) is 0. The molecule has 0 radical (unpaired) electrons. The van der Waals surface area contributed by atoms with Crippen LogP contribution in [-0.4, -0.2) is 32.4 Å². The second-order valence-electron chi connectivity index (χ2n) is 7.73. The van der Waals surface area contributed by atoms with Crippen LogP contribution in [0.2, 0.25) is 0 Å². The molecule has 3 aromatic rings. The molecular weight excluding hydrogens is 418 g/mol. The van der Waals surface area contributed by atoms with Crippen molar-refractivity contribution in [2.24, 2.45) is 0 Å². The zero-order chi connectivity index (χ0) is 21.8. The molecule has 1 aliphatic rings. The molecule has 0 atom stereocenters. The summed E-state index contributed by atoms with van der Waals surface area (Å²) in [7, 11) is -3.81. The van der Waals surface area contributed by atoms with Gasteiger partial charge in [-0.3, -0.25) is 9.21 Å². The molecule has 0 bridgehead atoms. The molecule has 1 saturated heterocycles. The minimum absolute atomic E-state index is 0.210. The largest absolute Gasteiger partial charge is 0.299 e. The summed E-state index contributed by atoms with van der Waals surface area (Å²) in [5, 5.41) is 0. The summed E-state index contributed by atoms with van der Waals surface area (Å²) in [5.74, 6) is -0.672. The summed E-state index contributed by atoms with van der Waals surface area (Å²) in [6.07, 6.45) is 1.25. The van der Waals surface area contributed by atoms with Gasteiger partial charge in [0.2, 0.25) is 0 Å². The van der Waals surface area contributed by atoms with E-state index in [4.69, 9.17) is 0 Å². The first-order valence-corrected chi connectivity index (χ1v) is 11.7. The van der Waals surface area contributed by atoms with E-state index in [0.29, 0.717) is 38.2 Å². The van der Waals surface area contributed by atoms with Crippen molar-refractivity contribution in [3.05, 3.63) is 96.1 Å². The summed E-state index contributed by atoms with van der Waals surface area (Å²) >= 11 is 0. The molecule has 1 fully saturated rings. The van der Waals surface area contributed by atoms with Crippen LogP contribution in [0.25, 0.3) is 0 Å². The number of sulfonamides is 1. The second kappa shape index (κ2) is 9.16. The van der Waals surface area contributed by atoms with E-state index in [1.54, 1.807) is 36.4 Å². The molecule has 0 aromatic heterocycles. The molecule has 4 rings (SSSR count). The fourth-order valence-corrected chi connectivity index (χ4v) is 5.78. The first-order valence-electron chi connectivity index (χ1n) is 10.3. The molecule has 1 aliphatic heterocycles. The average Bonchev–Trinajstić information content (AvgIpc) is 2.77. The monoisotopic (exact) mass is 442 g/mol. The maximum Gasteiger partial charge on any atom is 0.264 e. The Balaban J connectivity index is 1.56. The molecule has 0 saturated carbocycles. The SMILES string of the molecule is O=S(=O)(c1ccccc1)N(c1ccc(F)cc1)C1CCN(Cc2cccc(F)c2)CC1. The van der Waals surface area contributed by atoms with Crippen LogP contribution in [0.1, 0.15) is 18.4 Å². The van der Waals surface area contributed by atoms with Crippen molar-refractivity contribution >= 4 is 15.7 Å². The molecule has 0 unspecified atom stereocenters. The molecule has 0 N–H and O–H groups in total. The van der Waals surface area contributed by atoms with Crippen LogP contribution in [0.3, 0.4) is 0 Å². The Bertz CT molecular complexity index is 1110. The van der Waals surface area contributed by atoms with Crippen molar-refractivity contribution in [2.45, 2.75) is 30.3 Å². The Hall–Kier alpha value is -2.77. The van der Waals surface area contributed by atoms with Crippen molar-refractivity contribution < 1.29 is 17.2 Å². The smallest absolute Gasteiger partial charge is 0.264 e. The predicted octanol–water partition coefficient (Wildman–Crippen LogP) is 4.82. The molecule has 0 amide bonds. The molecule has 162 valence electrons. The fraction of sp³-hybridized carbons (Fsp3) is 0.250. The van der Waals surface area contributed by atoms with E-state index in [0.717, 1.165) is 5.56 Å². The van der Waals surface area contributed by atoms with Gasteiger partial charge in [0.05, 0.1) is 10.6 Å². The van der Waals surface area contributed by atoms with E-state index < -0.39 is 15.8 Å². The zero-order valence-corrected chi connectivity index (χ0v) is 17.8.